The molecule has 128 valence electrons. The number of hydrogen-bond acceptors (Lipinski definition) is 5. The van der Waals surface area contributed by atoms with E-state index in [2.05, 4.69) is 17.2 Å². The first-order valence-electron chi connectivity index (χ1n) is 8.31. The summed E-state index contributed by atoms with van der Waals surface area (Å²) in [5.41, 5.74) is 1.73. The van der Waals surface area contributed by atoms with E-state index in [9.17, 15) is 9.59 Å². The molecule has 1 atom stereocenters. The maximum Gasteiger partial charge on any atom is 0.226 e. The molecule has 0 saturated heterocycles. The van der Waals surface area contributed by atoms with Gasteiger partial charge in [0, 0.05) is 17.7 Å². The van der Waals surface area contributed by atoms with Crippen LogP contribution in [0.3, 0.4) is 0 Å². The third kappa shape index (κ3) is 3.75. The smallest absolute Gasteiger partial charge is 0.226 e. The summed E-state index contributed by atoms with van der Waals surface area (Å²) in [5.74, 6) is 1.88. The van der Waals surface area contributed by atoms with Crippen LogP contribution < -0.4 is 5.32 Å². The average molecular weight is 346 g/mol. The van der Waals surface area contributed by atoms with Gasteiger partial charge in [-0.3, -0.25) is 9.59 Å². The first-order valence-corrected chi connectivity index (χ1v) is 9.12. The number of anilines is 1. The van der Waals surface area contributed by atoms with E-state index in [-0.39, 0.29) is 11.7 Å². The summed E-state index contributed by atoms with van der Waals surface area (Å²) >= 11 is 1.59. The number of carbonyl (C=O) groups is 2. The Bertz CT molecular complexity index is 775. The first-order chi connectivity index (χ1) is 11.4. The molecule has 0 radical (unpaired) electrons. The second-order valence-electron chi connectivity index (χ2n) is 6.52. The molecule has 2 aromatic rings. The van der Waals surface area contributed by atoms with E-state index in [1.165, 1.54) is 18.2 Å². The highest BCUT2D eigenvalue weighted by Gasteiger charge is 2.20. The standard InChI is InChI=1S/C18H22N2O3S/c1-10-4-6-15-16(8-10)24-18(19-15)20-17(22)7-5-13-9-14(11(2)21)12(3)23-13/h9-10H,4-8H2,1-3H3,(H,19,20,22)/t10-/m1/s1. The third-order valence-corrected chi connectivity index (χ3v) is 5.41. The van der Waals surface area contributed by atoms with E-state index in [0.29, 0.717) is 41.0 Å². The van der Waals surface area contributed by atoms with Gasteiger partial charge in [0.15, 0.2) is 10.9 Å². The van der Waals surface area contributed by atoms with Gasteiger partial charge in [0.25, 0.3) is 0 Å². The number of amides is 1. The minimum atomic E-state index is -0.0763. The van der Waals surface area contributed by atoms with Crippen molar-refractivity contribution >= 4 is 28.2 Å². The van der Waals surface area contributed by atoms with Crippen molar-refractivity contribution in [3.05, 3.63) is 33.7 Å². The molecular formula is C18H22N2O3S. The van der Waals surface area contributed by atoms with E-state index >= 15 is 0 Å². The van der Waals surface area contributed by atoms with Gasteiger partial charge in [0.1, 0.15) is 11.5 Å². The summed E-state index contributed by atoms with van der Waals surface area (Å²) in [7, 11) is 0. The summed E-state index contributed by atoms with van der Waals surface area (Å²) in [4.78, 5) is 29.4. The summed E-state index contributed by atoms with van der Waals surface area (Å²) < 4.78 is 5.54. The van der Waals surface area contributed by atoms with E-state index in [1.807, 2.05) is 0 Å². The predicted molar refractivity (Wildman–Crippen MR) is 93.7 cm³/mol. The van der Waals surface area contributed by atoms with Crippen molar-refractivity contribution < 1.29 is 14.0 Å². The number of hydrogen-bond donors (Lipinski definition) is 1. The van der Waals surface area contributed by atoms with Crippen LogP contribution in [-0.2, 0) is 24.1 Å². The van der Waals surface area contributed by atoms with Crippen molar-refractivity contribution in [2.45, 2.75) is 52.9 Å². The van der Waals surface area contributed by atoms with Gasteiger partial charge < -0.3 is 9.73 Å². The van der Waals surface area contributed by atoms with Gasteiger partial charge in [0.05, 0.1) is 11.3 Å². The Morgan fingerprint density at radius 3 is 2.96 bits per heavy atom. The Labute approximate surface area is 145 Å². The van der Waals surface area contributed by atoms with Crippen molar-refractivity contribution in [2.24, 2.45) is 5.92 Å². The number of Topliss-reactive ketones (excluding diaryl/α,β-unsaturated/α-hetero) is 1. The molecule has 0 unspecified atom stereocenters. The molecule has 6 heteroatoms. The van der Waals surface area contributed by atoms with Crippen molar-refractivity contribution in [3.63, 3.8) is 0 Å². The predicted octanol–water partition coefficient (Wildman–Crippen LogP) is 3.94. The zero-order valence-electron chi connectivity index (χ0n) is 14.3. The fraction of sp³-hybridized carbons (Fsp3) is 0.500. The van der Waals surface area contributed by atoms with Crippen molar-refractivity contribution in [1.29, 1.82) is 0 Å². The number of aromatic nitrogens is 1. The van der Waals surface area contributed by atoms with Gasteiger partial charge in [-0.05, 0) is 45.1 Å². The van der Waals surface area contributed by atoms with Gasteiger partial charge >= 0.3 is 0 Å². The first kappa shape index (κ1) is 16.9. The van der Waals surface area contributed by atoms with Crippen LogP contribution in [0.2, 0.25) is 0 Å². The quantitative estimate of drug-likeness (QED) is 0.832. The molecule has 2 aromatic heterocycles. The number of thiazole rings is 1. The molecule has 0 spiro atoms. The lowest BCUT2D eigenvalue weighted by molar-refractivity contribution is -0.116. The number of nitrogens with one attached hydrogen (secondary N) is 1. The summed E-state index contributed by atoms with van der Waals surface area (Å²) in [6.45, 7) is 5.53. The van der Waals surface area contributed by atoms with Crippen LogP contribution in [-0.4, -0.2) is 16.7 Å². The van der Waals surface area contributed by atoms with Crippen LogP contribution >= 0.6 is 11.3 Å². The summed E-state index contributed by atoms with van der Waals surface area (Å²) in [5, 5.41) is 3.58. The van der Waals surface area contributed by atoms with Crippen LogP contribution in [0.15, 0.2) is 10.5 Å². The lowest BCUT2D eigenvalue weighted by Gasteiger charge is -2.15. The molecule has 1 aliphatic rings. The Hall–Kier alpha value is -1.95. The van der Waals surface area contributed by atoms with Gasteiger partial charge in [0.2, 0.25) is 5.91 Å². The third-order valence-electron chi connectivity index (χ3n) is 4.38. The van der Waals surface area contributed by atoms with Crippen LogP contribution in [0.25, 0.3) is 0 Å². The average Bonchev–Trinajstić information content (AvgIpc) is 3.07. The van der Waals surface area contributed by atoms with Gasteiger partial charge in [-0.25, -0.2) is 4.98 Å². The summed E-state index contributed by atoms with van der Waals surface area (Å²) in [6, 6.07) is 1.73. The minimum absolute atomic E-state index is 0.0189. The fourth-order valence-corrected chi connectivity index (χ4v) is 4.22. The topological polar surface area (TPSA) is 72.2 Å². The molecular weight excluding hydrogens is 324 g/mol. The van der Waals surface area contributed by atoms with E-state index < -0.39 is 0 Å². The molecule has 0 aliphatic heterocycles. The molecule has 0 bridgehead atoms. The van der Waals surface area contributed by atoms with Gasteiger partial charge in [-0.2, -0.15) is 0 Å². The van der Waals surface area contributed by atoms with Crippen LogP contribution in [0.4, 0.5) is 5.13 Å². The summed E-state index contributed by atoms with van der Waals surface area (Å²) in [6.07, 6.45) is 4.01. The SMILES string of the molecule is CC(=O)c1cc(CCC(=O)Nc2nc3c(s2)C[C@H](C)CC3)oc1C. The highest BCUT2D eigenvalue weighted by Crippen LogP contribution is 2.32. The molecule has 1 aliphatic carbocycles. The number of aryl methyl sites for hydroxylation is 3. The minimum Gasteiger partial charge on any atom is -0.466 e. The number of furan rings is 1. The highest BCUT2D eigenvalue weighted by molar-refractivity contribution is 7.15. The number of fused-ring (bicyclic) bond motifs is 1. The monoisotopic (exact) mass is 346 g/mol. The molecule has 5 nitrogen and oxygen atoms in total. The lowest BCUT2D eigenvalue weighted by Crippen LogP contribution is -2.12. The van der Waals surface area contributed by atoms with Gasteiger partial charge in [-0.1, -0.05) is 6.92 Å². The second kappa shape index (κ2) is 6.89. The Morgan fingerprint density at radius 2 is 2.25 bits per heavy atom. The van der Waals surface area contributed by atoms with Crippen molar-refractivity contribution in [1.82, 2.24) is 4.98 Å². The Morgan fingerprint density at radius 1 is 1.46 bits per heavy atom. The number of carbonyl (C=O) groups excluding carboxylic acids is 2. The molecule has 0 saturated carbocycles. The van der Waals surface area contributed by atoms with Crippen molar-refractivity contribution in [3.8, 4) is 0 Å². The van der Waals surface area contributed by atoms with Crippen molar-refractivity contribution in [2.75, 3.05) is 5.32 Å². The van der Waals surface area contributed by atoms with E-state index in [1.54, 1.807) is 24.3 Å². The van der Waals surface area contributed by atoms with Gasteiger partial charge in [-0.15, -0.1) is 11.3 Å². The molecule has 2 heterocycles. The number of rotatable bonds is 5. The van der Waals surface area contributed by atoms with Crippen LogP contribution in [0.5, 0.6) is 0 Å². The Kier molecular flexibility index (Phi) is 4.85. The van der Waals surface area contributed by atoms with E-state index in [0.717, 1.165) is 18.5 Å². The maximum absolute atomic E-state index is 12.1. The van der Waals surface area contributed by atoms with Crippen LogP contribution in [0.1, 0.15) is 59.1 Å². The molecule has 1 amide bonds. The van der Waals surface area contributed by atoms with Crippen LogP contribution in [0, 0.1) is 12.8 Å². The molecule has 3 rings (SSSR count). The number of nitrogens with zero attached hydrogens (tertiary/aromatic N) is 1. The maximum atomic E-state index is 12.1. The molecule has 24 heavy (non-hydrogen) atoms. The molecule has 1 N–H and O–H groups in total. The lowest BCUT2D eigenvalue weighted by atomic mass is 9.93. The zero-order chi connectivity index (χ0) is 17.3. The fourth-order valence-electron chi connectivity index (χ4n) is 3.03. The van der Waals surface area contributed by atoms with E-state index in [4.69, 9.17) is 4.42 Å². The normalized spacial score (nSPS) is 16.7. The molecule has 0 fully saturated rings. The highest BCUT2D eigenvalue weighted by atomic mass is 32.1. The molecule has 0 aromatic carbocycles. The number of ketones is 1. The second-order valence-corrected chi connectivity index (χ2v) is 7.61. The zero-order valence-corrected chi connectivity index (χ0v) is 15.1. The largest absolute Gasteiger partial charge is 0.466 e. The Balaban J connectivity index is 1.56.